The maximum atomic E-state index is 11.9. The fourth-order valence-corrected chi connectivity index (χ4v) is 4.08. The van der Waals surface area contributed by atoms with E-state index < -0.39 is 11.0 Å². The SMILES string of the molecule is CCOC(=O)C1(C2(O)CCSC2)CC1C. The van der Waals surface area contributed by atoms with Gasteiger partial charge in [0.2, 0.25) is 0 Å². The van der Waals surface area contributed by atoms with Crippen molar-refractivity contribution >= 4 is 17.7 Å². The van der Waals surface area contributed by atoms with Crippen LogP contribution in [0.5, 0.6) is 0 Å². The molecule has 1 aliphatic heterocycles. The first-order valence-corrected chi connectivity index (χ1v) is 6.69. The van der Waals surface area contributed by atoms with E-state index in [1.54, 1.807) is 11.8 Å². The van der Waals surface area contributed by atoms with Crippen molar-refractivity contribution in [3.63, 3.8) is 0 Å². The molecule has 2 rings (SSSR count). The van der Waals surface area contributed by atoms with Crippen LogP contribution in [-0.2, 0) is 9.53 Å². The second-order valence-electron chi connectivity index (χ2n) is 4.63. The van der Waals surface area contributed by atoms with E-state index in [2.05, 4.69) is 0 Å². The Balaban J connectivity index is 2.19. The Bertz CT molecular complexity index is 273. The van der Waals surface area contributed by atoms with Crippen LogP contribution in [0.2, 0.25) is 0 Å². The second kappa shape index (κ2) is 3.67. The molecule has 3 unspecified atom stereocenters. The van der Waals surface area contributed by atoms with Crippen molar-refractivity contribution in [2.75, 3.05) is 18.1 Å². The zero-order chi connectivity index (χ0) is 11.1. The molecule has 0 spiro atoms. The predicted octanol–water partition coefficient (Wildman–Crippen LogP) is 1.44. The van der Waals surface area contributed by atoms with Crippen molar-refractivity contribution in [2.24, 2.45) is 11.3 Å². The van der Waals surface area contributed by atoms with E-state index in [0.29, 0.717) is 12.4 Å². The molecule has 0 bridgehead atoms. The Kier molecular flexibility index (Phi) is 2.75. The Morgan fingerprint density at radius 1 is 1.67 bits per heavy atom. The van der Waals surface area contributed by atoms with Gasteiger partial charge in [0, 0.05) is 5.75 Å². The highest BCUT2D eigenvalue weighted by Gasteiger charge is 2.70. The summed E-state index contributed by atoms with van der Waals surface area (Å²) in [5, 5.41) is 10.5. The van der Waals surface area contributed by atoms with Crippen LogP contribution >= 0.6 is 11.8 Å². The van der Waals surface area contributed by atoms with Crippen molar-refractivity contribution < 1.29 is 14.6 Å². The Labute approximate surface area is 94.6 Å². The Hall–Kier alpha value is -0.220. The minimum atomic E-state index is -0.816. The zero-order valence-electron chi connectivity index (χ0n) is 9.28. The number of esters is 1. The molecule has 3 nitrogen and oxygen atoms in total. The van der Waals surface area contributed by atoms with Crippen molar-refractivity contribution in [1.82, 2.24) is 0 Å². The van der Waals surface area contributed by atoms with Gasteiger partial charge >= 0.3 is 5.97 Å². The molecule has 1 heterocycles. The largest absolute Gasteiger partial charge is 0.465 e. The standard InChI is InChI=1S/C11H18O3S/c1-3-14-9(12)11(6-8(11)2)10(13)4-5-15-7-10/h8,13H,3-7H2,1-2H3. The van der Waals surface area contributed by atoms with Crippen LogP contribution in [0, 0.1) is 11.3 Å². The number of ether oxygens (including phenoxy) is 1. The minimum absolute atomic E-state index is 0.192. The van der Waals surface area contributed by atoms with Crippen molar-refractivity contribution in [3.8, 4) is 0 Å². The van der Waals surface area contributed by atoms with Crippen LogP contribution in [-0.4, -0.2) is 34.8 Å². The number of hydrogen-bond donors (Lipinski definition) is 1. The van der Waals surface area contributed by atoms with E-state index in [1.165, 1.54) is 0 Å². The maximum Gasteiger partial charge on any atom is 0.315 e. The van der Waals surface area contributed by atoms with E-state index in [0.717, 1.165) is 18.6 Å². The lowest BCUT2D eigenvalue weighted by atomic mass is 9.82. The van der Waals surface area contributed by atoms with Gasteiger partial charge in [-0.1, -0.05) is 6.92 Å². The molecule has 0 amide bonds. The number of thioether (sulfide) groups is 1. The van der Waals surface area contributed by atoms with Gasteiger partial charge in [0.05, 0.1) is 12.2 Å². The summed E-state index contributed by atoms with van der Waals surface area (Å²) < 4.78 is 5.11. The second-order valence-corrected chi connectivity index (χ2v) is 5.74. The van der Waals surface area contributed by atoms with Crippen LogP contribution in [0.15, 0.2) is 0 Å². The number of rotatable bonds is 3. The molecule has 0 radical (unpaired) electrons. The molecule has 0 aromatic carbocycles. The number of aliphatic hydroxyl groups is 1. The average molecular weight is 230 g/mol. The van der Waals surface area contributed by atoms with E-state index in [-0.39, 0.29) is 11.9 Å². The van der Waals surface area contributed by atoms with Gasteiger partial charge in [-0.15, -0.1) is 0 Å². The van der Waals surface area contributed by atoms with Crippen molar-refractivity contribution in [2.45, 2.75) is 32.3 Å². The molecule has 15 heavy (non-hydrogen) atoms. The summed E-state index contributed by atoms with van der Waals surface area (Å²) >= 11 is 1.73. The normalized spacial score (nSPS) is 44.1. The lowest BCUT2D eigenvalue weighted by molar-refractivity contribution is -0.161. The molecule has 1 saturated carbocycles. The van der Waals surface area contributed by atoms with Crippen LogP contribution < -0.4 is 0 Å². The molecule has 2 aliphatic rings. The molecule has 1 saturated heterocycles. The third-order valence-corrected chi connectivity index (χ3v) is 4.95. The van der Waals surface area contributed by atoms with Gasteiger partial charge in [0.25, 0.3) is 0 Å². The summed E-state index contributed by atoms with van der Waals surface area (Å²) in [6, 6.07) is 0. The average Bonchev–Trinajstić information content (AvgIpc) is 2.68. The summed E-state index contributed by atoms with van der Waals surface area (Å²) in [6.07, 6.45) is 1.50. The van der Waals surface area contributed by atoms with Gasteiger partial charge < -0.3 is 9.84 Å². The highest BCUT2D eigenvalue weighted by Crippen LogP contribution is 2.63. The molecule has 86 valence electrons. The van der Waals surface area contributed by atoms with Gasteiger partial charge in [0.15, 0.2) is 0 Å². The molecule has 1 N–H and O–H groups in total. The molecule has 2 fully saturated rings. The summed E-state index contributed by atoms with van der Waals surface area (Å²) in [5.74, 6) is 1.70. The first-order valence-electron chi connectivity index (χ1n) is 5.54. The zero-order valence-corrected chi connectivity index (χ0v) is 10.1. The number of carbonyl (C=O) groups excluding carboxylic acids is 1. The third kappa shape index (κ3) is 1.49. The fourth-order valence-electron chi connectivity index (χ4n) is 2.71. The van der Waals surface area contributed by atoms with Gasteiger partial charge in [-0.2, -0.15) is 11.8 Å². The van der Waals surface area contributed by atoms with Crippen LogP contribution in [0.3, 0.4) is 0 Å². The first-order chi connectivity index (χ1) is 7.07. The smallest absolute Gasteiger partial charge is 0.315 e. The van der Waals surface area contributed by atoms with Crippen LogP contribution in [0.4, 0.5) is 0 Å². The van der Waals surface area contributed by atoms with Crippen molar-refractivity contribution in [3.05, 3.63) is 0 Å². The summed E-state index contributed by atoms with van der Waals surface area (Å²) in [4.78, 5) is 11.9. The van der Waals surface area contributed by atoms with E-state index in [1.807, 2.05) is 13.8 Å². The molecule has 0 aromatic rings. The molecule has 0 aromatic heterocycles. The van der Waals surface area contributed by atoms with Gasteiger partial charge in [-0.3, -0.25) is 4.79 Å². The fraction of sp³-hybridized carbons (Fsp3) is 0.909. The van der Waals surface area contributed by atoms with Crippen LogP contribution in [0.25, 0.3) is 0 Å². The highest BCUT2D eigenvalue weighted by molar-refractivity contribution is 7.99. The predicted molar refractivity (Wildman–Crippen MR) is 59.7 cm³/mol. The molecular weight excluding hydrogens is 212 g/mol. The highest BCUT2D eigenvalue weighted by atomic mass is 32.2. The number of hydrogen-bond acceptors (Lipinski definition) is 4. The van der Waals surface area contributed by atoms with E-state index in [9.17, 15) is 9.90 Å². The Morgan fingerprint density at radius 3 is 2.73 bits per heavy atom. The quantitative estimate of drug-likeness (QED) is 0.745. The summed E-state index contributed by atoms with van der Waals surface area (Å²) in [6.45, 7) is 4.24. The topological polar surface area (TPSA) is 46.5 Å². The van der Waals surface area contributed by atoms with Crippen LogP contribution in [0.1, 0.15) is 26.7 Å². The van der Waals surface area contributed by atoms with E-state index >= 15 is 0 Å². The number of carbonyl (C=O) groups is 1. The monoisotopic (exact) mass is 230 g/mol. The Morgan fingerprint density at radius 2 is 2.33 bits per heavy atom. The third-order valence-electron chi connectivity index (χ3n) is 3.78. The summed E-state index contributed by atoms with van der Waals surface area (Å²) in [7, 11) is 0. The van der Waals surface area contributed by atoms with Gasteiger partial charge in [-0.25, -0.2) is 0 Å². The molecule has 3 atom stereocenters. The molecular formula is C11H18O3S. The lowest BCUT2D eigenvalue weighted by Gasteiger charge is -2.31. The minimum Gasteiger partial charge on any atom is -0.465 e. The van der Waals surface area contributed by atoms with Gasteiger partial charge in [-0.05, 0) is 31.4 Å². The summed E-state index contributed by atoms with van der Waals surface area (Å²) in [5.41, 5.74) is -1.41. The van der Waals surface area contributed by atoms with Crippen molar-refractivity contribution in [1.29, 1.82) is 0 Å². The first kappa shape index (κ1) is 11.3. The maximum absolute atomic E-state index is 11.9. The lowest BCUT2D eigenvalue weighted by Crippen LogP contribution is -2.46. The molecule has 1 aliphatic carbocycles. The van der Waals surface area contributed by atoms with Gasteiger partial charge in [0.1, 0.15) is 5.41 Å². The molecule has 4 heteroatoms. The van der Waals surface area contributed by atoms with E-state index in [4.69, 9.17) is 4.74 Å².